The minimum atomic E-state index is -0.131. The summed E-state index contributed by atoms with van der Waals surface area (Å²) in [5, 5.41) is 8.48. The molecule has 4 nitrogen and oxygen atoms in total. The molecule has 32 heavy (non-hydrogen) atoms. The van der Waals surface area contributed by atoms with Gasteiger partial charge in [-0.1, -0.05) is 68.8 Å². The van der Waals surface area contributed by atoms with Crippen molar-refractivity contribution in [3.8, 4) is 11.3 Å². The topological polar surface area (TPSA) is 57.8 Å². The summed E-state index contributed by atoms with van der Waals surface area (Å²) in [5.74, 6) is 0.199. The Morgan fingerprint density at radius 2 is 1.75 bits per heavy atom. The molecule has 0 aliphatic rings. The highest BCUT2D eigenvalue weighted by molar-refractivity contribution is 7.10. The first-order valence-corrected chi connectivity index (χ1v) is 11.8. The Kier molecular flexibility index (Phi) is 5.50. The van der Waals surface area contributed by atoms with Crippen LogP contribution in [0.5, 0.6) is 0 Å². The predicted molar refractivity (Wildman–Crippen MR) is 133 cm³/mol. The first-order chi connectivity index (χ1) is 15.6. The minimum Gasteiger partial charge on any atom is -0.355 e. The molecule has 0 bridgehead atoms. The van der Waals surface area contributed by atoms with Gasteiger partial charge < -0.3 is 10.3 Å². The van der Waals surface area contributed by atoms with Gasteiger partial charge in [0.2, 0.25) is 0 Å². The Morgan fingerprint density at radius 1 is 1.00 bits per heavy atom. The number of aromatic amines is 1. The number of fused-ring (bicyclic) bond motifs is 3. The molecule has 3 aromatic carbocycles. The third-order valence-electron chi connectivity index (χ3n) is 6.13. The van der Waals surface area contributed by atoms with Crippen molar-refractivity contribution >= 4 is 39.0 Å². The van der Waals surface area contributed by atoms with Crippen LogP contribution in [0.15, 0.2) is 78.2 Å². The second-order valence-electron chi connectivity index (χ2n) is 8.20. The monoisotopic (exact) mass is 439 g/mol. The van der Waals surface area contributed by atoms with Crippen LogP contribution in [0.1, 0.15) is 41.7 Å². The summed E-state index contributed by atoms with van der Waals surface area (Å²) >= 11 is 1.61. The van der Waals surface area contributed by atoms with Crippen LogP contribution in [0.4, 0.5) is 0 Å². The van der Waals surface area contributed by atoms with E-state index in [0.29, 0.717) is 5.56 Å². The van der Waals surface area contributed by atoms with Gasteiger partial charge in [-0.05, 0) is 30.2 Å². The summed E-state index contributed by atoms with van der Waals surface area (Å²) in [6.45, 7) is 4.31. The quantitative estimate of drug-likeness (QED) is 0.300. The molecule has 2 heterocycles. The van der Waals surface area contributed by atoms with E-state index in [2.05, 4.69) is 53.8 Å². The van der Waals surface area contributed by atoms with E-state index in [1.165, 1.54) is 0 Å². The number of benzene rings is 3. The lowest BCUT2D eigenvalue weighted by Gasteiger charge is -2.22. The van der Waals surface area contributed by atoms with Crippen molar-refractivity contribution in [3.63, 3.8) is 0 Å². The minimum absolute atomic E-state index is 0.0704. The Balaban J connectivity index is 1.45. The number of hydrogen-bond acceptors (Lipinski definition) is 3. The van der Waals surface area contributed by atoms with E-state index in [1.54, 1.807) is 11.3 Å². The summed E-state index contributed by atoms with van der Waals surface area (Å²) in [4.78, 5) is 21.6. The number of aromatic nitrogens is 2. The van der Waals surface area contributed by atoms with Crippen molar-refractivity contribution in [2.75, 3.05) is 0 Å². The molecule has 2 atom stereocenters. The number of carbonyl (C=O) groups excluding carboxylic acids is 1. The molecule has 0 fully saturated rings. The molecular formula is C27H25N3OS. The molecule has 2 N–H and O–H groups in total. The lowest BCUT2D eigenvalue weighted by atomic mass is 9.99. The van der Waals surface area contributed by atoms with E-state index in [4.69, 9.17) is 4.98 Å². The SMILES string of the molecule is CC[C@H](C)[C@H](NC(=O)c1ccc2[nH]c3ccccc3c2c1)c1nc(-c2ccccc2)cs1. The molecule has 0 aliphatic carbocycles. The van der Waals surface area contributed by atoms with Crippen LogP contribution in [0.2, 0.25) is 0 Å². The smallest absolute Gasteiger partial charge is 0.251 e. The number of thiazole rings is 1. The average Bonchev–Trinajstić information content (AvgIpc) is 3.47. The van der Waals surface area contributed by atoms with Crippen LogP contribution in [-0.2, 0) is 0 Å². The Labute approximate surface area is 191 Å². The molecule has 0 spiro atoms. The van der Waals surface area contributed by atoms with Crippen molar-refractivity contribution in [2.24, 2.45) is 5.92 Å². The van der Waals surface area contributed by atoms with E-state index in [9.17, 15) is 4.79 Å². The van der Waals surface area contributed by atoms with E-state index in [-0.39, 0.29) is 17.9 Å². The molecule has 2 aromatic heterocycles. The highest BCUT2D eigenvalue weighted by Crippen LogP contribution is 2.31. The largest absolute Gasteiger partial charge is 0.355 e. The normalized spacial score (nSPS) is 13.3. The molecule has 160 valence electrons. The van der Waals surface area contributed by atoms with Crippen LogP contribution in [0, 0.1) is 5.92 Å². The van der Waals surface area contributed by atoms with E-state index in [1.807, 2.05) is 48.5 Å². The molecule has 0 radical (unpaired) electrons. The lowest BCUT2D eigenvalue weighted by Crippen LogP contribution is -2.32. The third-order valence-corrected chi connectivity index (χ3v) is 7.05. The van der Waals surface area contributed by atoms with Crippen molar-refractivity contribution in [2.45, 2.75) is 26.3 Å². The number of carbonyl (C=O) groups is 1. The van der Waals surface area contributed by atoms with Crippen molar-refractivity contribution in [1.82, 2.24) is 15.3 Å². The van der Waals surface area contributed by atoms with Crippen LogP contribution < -0.4 is 5.32 Å². The van der Waals surface area contributed by atoms with Gasteiger partial charge in [-0.3, -0.25) is 4.79 Å². The van der Waals surface area contributed by atoms with Crippen LogP contribution in [0.3, 0.4) is 0 Å². The molecule has 5 aromatic rings. The van der Waals surface area contributed by atoms with Crippen molar-refractivity contribution in [3.05, 3.63) is 88.7 Å². The van der Waals surface area contributed by atoms with E-state index < -0.39 is 0 Å². The number of para-hydroxylation sites is 1. The van der Waals surface area contributed by atoms with Crippen molar-refractivity contribution in [1.29, 1.82) is 0 Å². The summed E-state index contributed by atoms with van der Waals surface area (Å²) in [7, 11) is 0. The lowest BCUT2D eigenvalue weighted by molar-refractivity contribution is 0.0923. The number of hydrogen-bond donors (Lipinski definition) is 2. The van der Waals surface area contributed by atoms with Gasteiger partial charge in [-0.25, -0.2) is 4.98 Å². The zero-order valence-electron chi connectivity index (χ0n) is 18.1. The summed E-state index contributed by atoms with van der Waals surface area (Å²) in [6, 6.07) is 24.1. The number of amides is 1. The van der Waals surface area contributed by atoms with Gasteiger partial charge in [0.25, 0.3) is 5.91 Å². The van der Waals surface area contributed by atoms with Gasteiger partial charge in [-0.15, -0.1) is 11.3 Å². The Morgan fingerprint density at radius 3 is 2.56 bits per heavy atom. The molecule has 0 saturated carbocycles. The zero-order valence-corrected chi connectivity index (χ0v) is 18.9. The first-order valence-electron chi connectivity index (χ1n) is 11.0. The molecule has 1 amide bonds. The Hall–Kier alpha value is -3.44. The summed E-state index contributed by atoms with van der Waals surface area (Å²) in [6.07, 6.45) is 0.951. The van der Waals surface area contributed by atoms with Crippen LogP contribution in [0.25, 0.3) is 33.1 Å². The third kappa shape index (κ3) is 3.80. The Bertz CT molecular complexity index is 1390. The highest BCUT2D eigenvalue weighted by atomic mass is 32.1. The van der Waals surface area contributed by atoms with E-state index in [0.717, 1.165) is 44.5 Å². The average molecular weight is 440 g/mol. The fraction of sp³-hybridized carbons (Fsp3) is 0.185. The summed E-state index contributed by atoms with van der Waals surface area (Å²) < 4.78 is 0. The van der Waals surface area contributed by atoms with Gasteiger partial charge in [0.05, 0.1) is 11.7 Å². The fourth-order valence-corrected chi connectivity index (χ4v) is 5.08. The summed E-state index contributed by atoms with van der Waals surface area (Å²) in [5.41, 5.74) is 4.82. The zero-order chi connectivity index (χ0) is 22.1. The molecule has 0 aliphatic heterocycles. The molecule has 5 rings (SSSR count). The number of H-pyrrole nitrogens is 1. The van der Waals surface area contributed by atoms with E-state index >= 15 is 0 Å². The van der Waals surface area contributed by atoms with Gasteiger partial charge in [-0.2, -0.15) is 0 Å². The molecule has 5 heteroatoms. The maximum Gasteiger partial charge on any atom is 0.251 e. The highest BCUT2D eigenvalue weighted by Gasteiger charge is 2.24. The van der Waals surface area contributed by atoms with Gasteiger partial charge in [0, 0.05) is 38.3 Å². The van der Waals surface area contributed by atoms with Crippen LogP contribution in [-0.4, -0.2) is 15.9 Å². The second-order valence-corrected chi connectivity index (χ2v) is 9.09. The van der Waals surface area contributed by atoms with Gasteiger partial charge in [0.15, 0.2) is 0 Å². The fourth-order valence-electron chi connectivity index (χ4n) is 4.07. The molecular weight excluding hydrogens is 414 g/mol. The number of nitrogens with one attached hydrogen (secondary N) is 2. The predicted octanol–water partition coefficient (Wildman–Crippen LogP) is 6.96. The first kappa shape index (κ1) is 20.5. The maximum absolute atomic E-state index is 13.3. The second kappa shape index (κ2) is 8.60. The van der Waals surface area contributed by atoms with Crippen molar-refractivity contribution < 1.29 is 4.79 Å². The molecule has 0 unspecified atom stereocenters. The van der Waals surface area contributed by atoms with Crippen LogP contribution >= 0.6 is 11.3 Å². The standard InChI is InChI=1S/C27H25N3OS/c1-3-17(2)25(27-29-24(16-32-27)18-9-5-4-6-10-18)30-26(31)19-13-14-23-21(15-19)20-11-7-8-12-22(20)28-23/h4-17,25,28H,3H2,1-2H3,(H,30,31)/t17-,25-/m0/s1. The maximum atomic E-state index is 13.3. The molecule has 0 saturated heterocycles. The van der Waals surface area contributed by atoms with Gasteiger partial charge in [0.1, 0.15) is 5.01 Å². The van der Waals surface area contributed by atoms with Gasteiger partial charge >= 0.3 is 0 Å². The number of nitrogens with zero attached hydrogens (tertiary/aromatic N) is 1. The number of rotatable bonds is 6.